The Morgan fingerprint density at radius 1 is 0.432 bits per heavy atom. The van der Waals surface area contributed by atoms with Crippen LogP contribution in [0.4, 0.5) is 0 Å². The maximum absolute atomic E-state index is 5.44. The van der Waals surface area contributed by atoms with Gasteiger partial charge in [-0.05, 0) is 96.5 Å². The Balaban J connectivity index is 1.55. The van der Waals surface area contributed by atoms with E-state index in [0.717, 1.165) is 5.75 Å². The van der Waals surface area contributed by atoms with Crippen LogP contribution in [-0.2, 0) is 0 Å². The summed E-state index contributed by atoms with van der Waals surface area (Å²) in [6.45, 7) is 2.15. The van der Waals surface area contributed by atoms with Crippen LogP contribution < -0.4 is 4.74 Å². The largest absolute Gasteiger partial charge is 0.497 e. The molecule has 0 N–H and O–H groups in total. The minimum Gasteiger partial charge on any atom is -0.497 e. The minimum atomic E-state index is 0.881. The monoisotopic (exact) mass is 474 g/mol. The average molecular weight is 475 g/mol. The molecule has 7 rings (SSSR count). The predicted octanol–water partition coefficient (Wildman–Crippen LogP) is 9.95. The van der Waals surface area contributed by atoms with Crippen molar-refractivity contribution < 1.29 is 4.74 Å². The molecule has 0 radical (unpaired) electrons. The summed E-state index contributed by atoms with van der Waals surface area (Å²) in [5.74, 6) is 0.881. The van der Waals surface area contributed by atoms with Gasteiger partial charge in [0.15, 0.2) is 0 Å². The lowest BCUT2D eigenvalue weighted by Gasteiger charge is -2.18. The highest BCUT2D eigenvalue weighted by Gasteiger charge is 2.17. The molecular formula is C36H26O. The van der Waals surface area contributed by atoms with Crippen LogP contribution in [0.2, 0.25) is 0 Å². The van der Waals surface area contributed by atoms with Crippen LogP contribution >= 0.6 is 0 Å². The lowest BCUT2D eigenvalue weighted by Crippen LogP contribution is -1.91. The lowest BCUT2D eigenvalue weighted by molar-refractivity contribution is 0.415. The van der Waals surface area contributed by atoms with Gasteiger partial charge in [0.1, 0.15) is 5.75 Å². The molecule has 0 aliphatic rings. The van der Waals surface area contributed by atoms with E-state index in [-0.39, 0.29) is 0 Å². The molecule has 0 spiro atoms. The van der Waals surface area contributed by atoms with Crippen molar-refractivity contribution in [2.75, 3.05) is 7.11 Å². The predicted molar refractivity (Wildman–Crippen MR) is 159 cm³/mol. The standard InChI is InChI=1S/C36H26O/c1-23-11-12-25-20-28(15-13-24(25)19-23)35-31-7-3-5-9-33(31)36(34-10-6-4-8-32(34)35)29-16-14-27-22-30(37-2)18-17-26(27)21-29/h3-22H,1-2H3. The van der Waals surface area contributed by atoms with Crippen LogP contribution in [0.15, 0.2) is 121 Å². The molecule has 0 fully saturated rings. The van der Waals surface area contributed by atoms with Gasteiger partial charge in [-0.1, -0.05) is 103 Å². The van der Waals surface area contributed by atoms with Crippen LogP contribution in [0.25, 0.3) is 65.3 Å². The Morgan fingerprint density at radius 3 is 1.38 bits per heavy atom. The highest BCUT2D eigenvalue weighted by atomic mass is 16.5. The molecule has 7 aromatic rings. The molecule has 0 aliphatic heterocycles. The molecule has 0 atom stereocenters. The van der Waals surface area contributed by atoms with Gasteiger partial charge in [0.2, 0.25) is 0 Å². The Morgan fingerprint density at radius 2 is 0.865 bits per heavy atom. The lowest BCUT2D eigenvalue weighted by atomic mass is 9.85. The Bertz CT molecular complexity index is 1920. The van der Waals surface area contributed by atoms with Gasteiger partial charge in [0.05, 0.1) is 7.11 Å². The fourth-order valence-electron chi connectivity index (χ4n) is 5.78. The highest BCUT2D eigenvalue weighted by Crippen LogP contribution is 2.44. The second kappa shape index (κ2) is 8.50. The first-order chi connectivity index (χ1) is 18.2. The van der Waals surface area contributed by atoms with Gasteiger partial charge in [-0.25, -0.2) is 0 Å². The van der Waals surface area contributed by atoms with Gasteiger partial charge in [0.25, 0.3) is 0 Å². The van der Waals surface area contributed by atoms with Gasteiger partial charge < -0.3 is 4.74 Å². The van der Waals surface area contributed by atoms with E-state index in [9.17, 15) is 0 Å². The summed E-state index contributed by atoms with van der Waals surface area (Å²) in [7, 11) is 1.71. The number of aryl methyl sites for hydroxylation is 1. The second-order valence-electron chi connectivity index (χ2n) is 9.83. The van der Waals surface area contributed by atoms with Crippen LogP contribution in [0.1, 0.15) is 5.56 Å². The van der Waals surface area contributed by atoms with Gasteiger partial charge >= 0.3 is 0 Å². The Hall–Kier alpha value is -4.62. The zero-order valence-corrected chi connectivity index (χ0v) is 21.0. The third kappa shape index (κ3) is 3.55. The number of hydrogen-bond donors (Lipinski definition) is 0. The summed E-state index contributed by atoms with van der Waals surface area (Å²) >= 11 is 0. The summed E-state index contributed by atoms with van der Waals surface area (Å²) in [4.78, 5) is 0. The van der Waals surface area contributed by atoms with E-state index in [1.54, 1.807) is 7.11 Å². The first-order valence-electron chi connectivity index (χ1n) is 12.7. The Labute approximate surface area is 216 Å². The fourth-order valence-corrected chi connectivity index (χ4v) is 5.78. The topological polar surface area (TPSA) is 9.23 Å². The first-order valence-corrected chi connectivity index (χ1v) is 12.7. The van der Waals surface area contributed by atoms with Gasteiger partial charge in [0, 0.05) is 0 Å². The van der Waals surface area contributed by atoms with E-state index in [1.165, 1.54) is 70.9 Å². The van der Waals surface area contributed by atoms with Crippen LogP contribution in [-0.4, -0.2) is 7.11 Å². The molecule has 0 unspecified atom stereocenters. The molecule has 37 heavy (non-hydrogen) atoms. The number of hydrogen-bond acceptors (Lipinski definition) is 1. The molecule has 1 heteroatoms. The van der Waals surface area contributed by atoms with Crippen LogP contribution in [0.3, 0.4) is 0 Å². The quantitative estimate of drug-likeness (QED) is 0.232. The van der Waals surface area contributed by atoms with Crippen molar-refractivity contribution in [2.45, 2.75) is 6.92 Å². The number of rotatable bonds is 3. The zero-order chi connectivity index (χ0) is 24.9. The molecule has 0 aromatic heterocycles. The van der Waals surface area contributed by atoms with Crippen molar-refractivity contribution in [3.8, 4) is 28.0 Å². The second-order valence-corrected chi connectivity index (χ2v) is 9.83. The van der Waals surface area contributed by atoms with Crippen LogP contribution in [0.5, 0.6) is 5.75 Å². The molecule has 0 heterocycles. The van der Waals surface area contributed by atoms with E-state index in [4.69, 9.17) is 4.74 Å². The van der Waals surface area contributed by atoms with Gasteiger partial charge in [-0.3, -0.25) is 0 Å². The van der Waals surface area contributed by atoms with E-state index in [0.29, 0.717) is 0 Å². The van der Waals surface area contributed by atoms with Crippen molar-refractivity contribution in [1.82, 2.24) is 0 Å². The van der Waals surface area contributed by atoms with Gasteiger partial charge in [-0.2, -0.15) is 0 Å². The molecule has 0 aliphatic carbocycles. The molecule has 0 amide bonds. The fraction of sp³-hybridized carbons (Fsp3) is 0.0556. The maximum Gasteiger partial charge on any atom is 0.119 e. The number of methoxy groups -OCH3 is 1. The Kier molecular flexibility index (Phi) is 4.97. The number of benzene rings is 7. The van der Waals surface area contributed by atoms with Gasteiger partial charge in [-0.15, -0.1) is 0 Å². The third-order valence-electron chi connectivity index (χ3n) is 7.55. The normalized spacial score (nSPS) is 11.5. The molecule has 0 bridgehead atoms. The zero-order valence-electron chi connectivity index (χ0n) is 21.0. The average Bonchev–Trinajstić information content (AvgIpc) is 2.95. The van der Waals surface area contributed by atoms with E-state index in [1.807, 2.05) is 6.07 Å². The van der Waals surface area contributed by atoms with Crippen molar-refractivity contribution in [3.05, 3.63) is 127 Å². The SMILES string of the molecule is COc1ccc2cc(-c3c4ccccc4c(-c4ccc5cc(C)ccc5c4)c4ccccc34)ccc2c1. The molecule has 1 nitrogen and oxygen atoms in total. The van der Waals surface area contributed by atoms with Crippen LogP contribution in [0, 0.1) is 6.92 Å². The summed E-state index contributed by atoms with van der Waals surface area (Å²) in [5, 5.41) is 10.0. The highest BCUT2D eigenvalue weighted by molar-refractivity contribution is 6.22. The minimum absolute atomic E-state index is 0.881. The van der Waals surface area contributed by atoms with Crippen molar-refractivity contribution in [2.24, 2.45) is 0 Å². The van der Waals surface area contributed by atoms with E-state index in [2.05, 4.69) is 122 Å². The molecular weight excluding hydrogens is 448 g/mol. The smallest absolute Gasteiger partial charge is 0.119 e. The summed E-state index contributed by atoms with van der Waals surface area (Å²) in [5.41, 5.74) is 6.34. The number of ether oxygens (including phenoxy) is 1. The van der Waals surface area contributed by atoms with Crippen molar-refractivity contribution in [1.29, 1.82) is 0 Å². The molecule has 0 saturated carbocycles. The summed E-state index contributed by atoms with van der Waals surface area (Å²) < 4.78 is 5.44. The van der Waals surface area contributed by atoms with Crippen molar-refractivity contribution in [3.63, 3.8) is 0 Å². The third-order valence-corrected chi connectivity index (χ3v) is 7.55. The summed E-state index contributed by atoms with van der Waals surface area (Å²) in [6.07, 6.45) is 0. The maximum atomic E-state index is 5.44. The van der Waals surface area contributed by atoms with E-state index >= 15 is 0 Å². The van der Waals surface area contributed by atoms with Crippen molar-refractivity contribution >= 4 is 43.1 Å². The first kappa shape index (κ1) is 21.6. The molecule has 7 aromatic carbocycles. The molecule has 176 valence electrons. The number of fused-ring (bicyclic) bond motifs is 4. The molecule has 0 saturated heterocycles. The van der Waals surface area contributed by atoms with E-state index < -0.39 is 0 Å². The summed E-state index contributed by atoms with van der Waals surface area (Å²) in [6, 6.07) is 44.3.